The molecule has 0 aromatic heterocycles. The molecule has 0 saturated carbocycles. The Balaban J connectivity index is 3.91. The van der Waals surface area contributed by atoms with Crippen LogP contribution in [0.4, 0.5) is 0 Å². The predicted molar refractivity (Wildman–Crippen MR) is 70.7 cm³/mol. The molecule has 2 atom stereocenters. The van der Waals surface area contributed by atoms with Gasteiger partial charge >= 0.3 is 0 Å². The van der Waals surface area contributed by atoms with Crippen molar-refractivity contribution in [3.8, 4) is 0 Å². The van der Waals surface area contributed by atoms with Gasteiger partial charge in [0.15, 0.2) is 0 Å². The van der Waals surface area contributed by atoms with E-state index in [1.165, 1.54) is 0 Å². The van der Waals surface area contributed by atoms with Crippen LogP contribution in [0.5, 0.6) is 0 Å². The van der Waals surface area contributed by atoms with Gasteiger partial charge in [-0.05, 0) is 40.7 Å². The van der Waals surface area contributed by atoms with Crippen LogP contribution in [0.2, 0.25) is 0 Å². The minimum Gasteiger partial charge on any atom is -0.390 e. The Kier molecular flexibility index (Phi) is 6.53. The van der Waals surface area contributed by atoms with E-state index in [9.17, 15) is 5.11 Å². The summed E-state index contributed by atoms with van der Waals surface area (Å²) in [6.07, 6.45) is -0.301. The van der Waals surface area contributed by atoms with Crippen LogP contribution in [-0.2, 0) is 0 Å². The number of hydrogen-bond donors (Lipinski definition) is 2. The first kappa shape index (κ1) is 15.9. The molecule has 3 nitrogen and oxygen atoms in total. The lowest BCUT2D eigenvalue weighted by molar-refractivity contribution is 0.0898. The third-order valence-corrected chi connectivity index (χ3v) is 3.03. The second-order valence-electron chi connectivity index (χ2n) is 6.21. The second-order valence-corrected chi connectivity index (χ2v) is 6.21. The van der Waals surface area contributed by atoms with Gasteiger partial charge in [0.2, 0.25) is 0 Å². The van der Waals surface area contributed by atoms with Crippen LogP contribution in [0.3, 0.4) is 0 Å². The molecular formula is C13H30N2O. The Morgan fingerprint density at radius 3 is 2.06 bits per heavy atom. The van der Waals surface area contributed by atoms with Crippen molar-refractivity contribution in [2.75, 3.05) is 20.1 Å². The zero-order valence-electron chi connectivity index (χ0n) is 12.0. The number of nitrogens with zero attached hydrogens (tertiary/aromatic N) is 1. The van der Waals surface area contributed by atoms with Crippen molar-refractivity contribution in [2.24, 2.45) is 5.92 Å². The average molecular weight is 230 g/mol. The Labute approximate surface area is 101 Å². The molecule has 0 saturated heterocycles. The lowest BCUT2D eigenvalue weighted by Crippen LogP contribution is -2.46. The van der Waals surface area contributed by atoms with Crippen molar-refractivity contribution in [2.45, 2.75) is 59.2 Å². The third kappa shape index (κ3) is 7.20. The summed E-state index contributed by atoms with van der Waals surface area (Å²) < 4.78 is 0. The molecule has 0 fully saturated rings. The Morgan fingerprint density at radius 1 is 1.19 bits per heavy atom. The molecule has 2 N–H and O–H groups in total. The monoisotopic (exact) mass is 230 g/mol. The highest BCUT2D eigenvalue weighted by Gasteiger charge is 2.17. The zero-order chi connectivity index (χ0) is 12.9. The highest BCUT2D eigenvalue weighted by molar-refractivity contribution is 4.76. The SMILES string of the molecule is CC(C)C(C)N(C)CC(O)CNC(C)(C)C. The maximum absolute atomic E-state index is 9.91. The van der Waals surface area contributed by atoms with Gasteiger partial charge in [0, 0.05) is 24.7 Å². The molecule has 0 amide bonds. The fraction of sp³-hybridized carbons (Fsp3) is 1.00. The van der Waals surface area contributed by atoms with E-state index in [0.29, 0.717) is 18.5 Å². The summed E-state index contributed by atoms with van der Waals surface area (Å²) in [5, 5.41) is 13.2. The molecule has 0 aliphatic carbocycles. The van der Waals surface area contributed by atoms with E-state index < -0.39 is 0 Å². The lowest BCUT2D eigenvalue weighted by Gasteiger charge is -2.31. The summed E-state index contributed by atoms with van der Waals surface area (Å²) in [6, 6.07) is 0.504. The summed E-state index contributed by atoms with van der Waals surface area (Å²) in [6.45, 7) is 14.3. The van der Waals surface area contributed by atoms with E-state index in [1.807, 2.05) is 0 Å². The predicted octanol–water partition coefficient (Wildman–Crippen LogP) is 1.71. The zero-order valence-corrected chi connectivity index (χ0v) is 12.0. The van der Waals surface area contributed by atoms with Crippen LogP contribution in [-0.4, -0.2) is 47.8 Å². The second kappa shape index (κ2) is 6.58. The van der Waals surface area contributed by atoms with Crippen molar-refractivity contribution >= 4 is 0 Å². The number of hydrogen-bond acceptors (Lipinski definition) is 3. The fourth-order valence-electron chi connectivity index (χ4n) is 1.50. The Hall–Kier alpha value is -0.120. The molecule has 0 aliphatic heterocycles. The van der Waals surface area contributed by atoms with Gasteiger partial charge in [-0.15, -0.1) is 0 Å². The van der Waals surface area contributed by atoms with Crippen LogP contribution in [0.1, 0.15) is 41.5 Å². The molecule has 0 heterocycles. The molecule has 0 aromatic rings. The summed E-state index contributed by atoms with van der Waals surface area (Å²) >= 11 is 0. The van der Waals surface area contributed by atoms with Gasteiger partial charge in [0.25, 0.3) is 0 Å². The van der Waals surface area contributed by atoms with Crippen molar-refractivity contribution in [1.82, 2.24) is 10.2 Å². The molecular weight excluding hydrogens is 200 g/mol. The van der Waals surface area contributed by atoms with Gasteiger partial charge in [0.05, 0.1) is 6.10 Å². The Bertz CT molecular complexity index is 187. The molecule has 2 unspecified atom stereocenters. The van der Waals surface area contributed by atoms with Crippen molar-refractivity contribution in [3.63, 3.8) is 0 Å². The van der Waals surface area contributed by atoms with Gasteiger partial charge in [0.1, 0.15) is 0 Å². The van der Waals surface area contributed by atoms with Crippen molar-refractivity contribution < 1.29 is 5.11 Å². The van der Waals surface area contributed by atoms with E-state index in [0.717, 1.165) is 6.54 Å². The van der Waals surface area contributed by atoms with E-state index in [1.54, 1.807) is 0 Å². The van der Waals surface area contributed by atoms with Crippen LogP contribution in [0, 0.1) is 5.92 Å². The molecule has 0 spiro atoms. The van der Waals surface area contributed by atoms with Gasteiger partial charge in [-0.25, -0.2) is 0 Å². The largest absolute Gasteiger partial charge is 0.390 e. The average Bonchev–Trinajstić information content (AvgIpc) is 2.12. The number of nitrogens with one attached hydrogen (secondary N) is 1. The molecule has 0 rings (SSSR count). The topological polar surface area (TPSA) is 35.5 Å². The van der Waals surface area contributed by atoms with Gasteiger partial charge in [-0.1, -0.05) is 13.8 Å². The summed E-state index contributed by atoms with van der Waals surface area (Å²) in [4.78, 5) is 2.22. The first-order chi connectivity index (χ1) is 7.13. The van der Waals surface area contributed by atoms with E-state index in [4.69, 9.17) is 0 Å². The molecule has 3 heteroatoms. The standard InChI is InChI=1S/C13H30N2O/c1-10(2)11(3)15(7)9-12(16)8-14-13(4,5)6/h10-12,14,16H,8-9H2,1-7H3. The number of aliphatic hydroxyl groups excluding tert-OH is 1. The molecule has 0 aromatic carbocycles. The fourth-order valence-corrected chi connectivity index (χ4v) is 1.50. The third-order valence-electron chi connectivity index (χ3n) is 3.03. The number of β-amino-alcohol motifs (C(OH)–C–C–N with tert-alkyl or cyclic N) is 1. The van der Waals surface area contributed by atoms with Crippen LogP contribution >= 0.6 is 0 Å². The molecule has 0 radical (unpaired) electrons. The maximum atomic E-state index is 9.91. The van der Waals surface area contributed by atoms with E-state index in [-0.39, 0.29) is 11.6 Å². The first-order valence-corrected chi connectivity index (χ1v) is 6.27. The normalized spacial score (nSPS) is 16.9. The highest BCUT2D eigenvalue weighted by Crippen LogP contribution is 2.08. The minimum absolute atomic E-state index is 0.0726. The molecule has 0 bridgehead atoms. The molecule has 98 valence electrons. The summed E-state index contributed by atoms with van der Waals surface area (Å²) in [7, 11) is 2.07. The van der Waals surface area contributed by atoms with Gasteiger partial charge < -0.3 is 15.3 Å². The molecule has 0 aliphatic rings. The van der Waals surface area contributed by atoms with Crippen LogP contribution < -0.4 is 5.32 Å². The molecule has 16 heavy (non-hydrogen) atoms. The van der Waals surface area contributed by atoms with Crippen LogP contribution in [0.15, 0.2) is 0 Å². The van der Waals surface area contributed by atoms with E-state index >= 15 is 0 Å². The van der Waals surface area contributed by atoms with Crippen molar-refractivity contribution in [3.05, 3.63) is 0 Å². The van der Waals surface area contributed by atoms with E-state index in [2.05, 4.69) is 58.8 Å². The van der Waals surface area contributed by atoms with Crippen molar-refractivity contribution in [1.29, 1.82) is 0 Å². The quantitative estimate of drug-likeness (QED) is 0.729. The number of aliphatic hydroxyl groups is 1. The van der Waals surface area contributed by atoms with Gasteiger partial charge in [-0.3, -0.25) is 0 Å². The number of likely N-dealkylation sites (N-methyl/N-ethyl adjacent to an activating group) is 1. The number of rotatable bonds is 6. The first-order valence-electron chi connectivity index (χ1n) is 6.27. The highest BCUT2D eigenvalue weighted by atomic mass is 16.3. The summed E-state index contributed by atoms with van der Waals surface area (Å²) in [5.41, 5.74) is 0.0726. The summed E-state index contributed by atoms with van der Waals surface area (Å²) in [5.74, 6) is 0.618. The van der Waals surface area contributed by atoms with Crippen LogP contribution in [0.25, 0.3) is 0 Å². The lowest BCUT2D eigenvalue weighted by atomic mass is 10.0. The smallest absolute Gasteiger partial charge is 0.0791 e. The minimum atomic E-state index is -0.301. The Morgan fingerprint density at radius 2 is 1.69 bits per heavy atom. The van der Waals surface area contributed by atoms with Gasteiger partial charge in [-0.2, -0.15) is 0 Å². The maximum Gasteiger partial charge on any atom is 0.0791 e.